The van der Waals surface area contributed by atoms with Gasteiger partial charge in [-0.2, -0.15) is 0 Å². The third-order valence-corrected chi connectivity index (χ3v) is 3.43. The van der Waals surface area contributed by atoms with Crippen LogP contribution in [0.5, 0.6) is 5.75 Å². The first-order valence-electron chi connectivity index (χ1n) is 5.77. The maximum atomic E-state index is 12.0. The van der Waals surface area contributed by atoms with Crippen LogP contribution in [0.4, 0.5) is 0 Å². The van der Waals surface area contributed by atoms with Crippen LogP contribution in [0.3, 0.4) is 0 Å². The Bertz CT molecular complexity index is 425. The van der Waals surface area contributed by atoms with Crippen molar-refractivity contribution >= 4 is 23.2 Å². The zero-order chi connectivity index (χ0) is 13.7. The Balaban J connectivity index is 2.75. The molecule has 0 saturated carbocycles. The molecule has 1 rings (SSSR count). The molecule has 1 atom stereocenters. The predicted octanol–water partition coefficient (Wildman–Crippen LogP) is 2.08. The second kappa shape index (κ2) is 6.39. The Morgan fingerprint density at radius 1 is 1.44 bits per heavy atom. The number of carbonyl (C=O) groups excluding carboxylic acids is 1. The fraction of sp³-hybridized carbons (Fsp3) is 0.500. The van der Waals surface area contributed by atoms with E-state index in [1.165, 1.54) is 0 Å². The lowest BCUT2D eigenvalue weighted by atomic mass is 10.3. The summed E-state index contributed by atoms with van der Waals surface area (Å²) in [5, 5.41) is 10.6. The lowest BCUT2D eigenvalue weighted by molar-refractivity contribution is -0.137. The third-order valence-electron chi connectivity index (χ3n) is 2.55. The lowest BCUT2D eigenvalue weighted by Gasteiger charge is -2.23. The summed E-state index contributed by atoms with van der Waals surface area (Å²) in [6.45, 7) is 6.63. The molecule has 5 nitrogen and oxygen atoms in total. The van der Waals surface area contributed by atoms with Crippen molar-refractivity contribution in [2.45, 2.75) is 26.9 Å². The number of hydrogen-bond donors (Lipinski definition) is 1. The number of carbonyl (C=O) groups is 2. The Morgan fingerprint density at radius 3 is 2.56 bits per heavy atom. The number of hydrogen-bond acceptors (Lipinski definition) is 4. The van der Waals surface area contributed by atoms with Crippen molar-refractivity contribution in [2.24, 2.45) is 0 Å². The fourth-order valence-corrected chi connectivity index (χ4v) is 2.24. The molecular weight excluding hydrogens is 254 g/mol. The minimum atomic E-state index is -1.04. The van der Waals surface area contributed by atoms with E-state index in [1.54, 1.807) is 23.3 Å². The molecule has 0 spiro atoms. The van der Waals surface area contributed by atoms with Gasteiger partial charge >= 0.3 is 5.97 Å². The molecule has 0 radical (unpaired) electrons. The highest BCUT2D eigenvalue weighted by Gasteiger charge is 2.22. The van der Waals surface area contributed by atoms with Gasteiger partial charge in [-0.3, -0.25) is 4.79 Å². The number of carboxylic acid groups (broad SMARTS) is 1. The average Bonchev–Trinajstić information content (AvgIpc) is 2.78. The maximum Gasteiger partial charge on any atom is 0.349 e. The first-order chi connectivity index (χ1) is 8.51. The van der Waals surface area contributed by atoms with E-state index in [-0.39, 0.29) is 16.5 Å². The number of rotatable bonds is 6. The normalized spacial score (nSPS) is 11.9. The number of nitrogens with zero attached hydrogens (tertiary/aromatic N) is 1. The van der Waals surface area contributed by atoms with Crippen molar-refractivity contribution in [3.63, 3.8) is 0 Å². The summed E-state index contributed by atoms with van der Waals surface area (Å²) in [5.74, 6) is -0.925. The molecule has 1 aromatic heterocycles. The number of likely N-dealkylation sites (N-methyl/N-ethyl adjacent to an activating group) is 1. The quantitative estimate of drug-likeness (QED) is 0.860. The summed E-state index contributed by atoms with van der Waals surface area (Å²) in [5.41, 5.74) is 0. The summed E-state index contributed by atoms with van der Waals surface area (Å²) in [6, 6.07) is 1.57. The summed E-state index contributed by atoms with van der Waals surface area (Å²) >= 11 is 1.08. The van der Waals surface area contributed by atoms with Crippen molar-refractivity contribution in [1.29, 1.82) is 0 Å². The Hall–Kier alpha value is -1.56. The van der Waals surface area contributed by atoms with E-state index in [0.717, 1.165) is 11.3 Å². The van der Waals surface area contributed by atoms with Crippen LogP contribution in [0.1, 0.15) is 30.4 Å². The van der Waals surface area contributed by atoms with Gasteiger partial charge in [0, 0.05) is 13.1 Å². The van der Waals surface area contributed by atoms with Gasteiger partial charge in [-0.25, -0.2) is 4.79 Å². The van der Waals surface area contributed by atoms with E-state index < -0.39 is 12.1 Å². The molecule has 0 saturated heterocycles. The monoisotopic (exact) mass is 271 g/mol. The van der Waals surface area contributed by atoms with Gasteiger partial charge in [0.25, 0.3) is 5.91 Å². The highest BCUT2D eigenvalue weighted by molar-refractivity contribution is 7.12. The summed E-state index contributed by atoms with van der Waals surface area (Å²) < 4.78 is 5.43. The van der Waals surface area contributed by atoms with Crippen molar-refractivity contribution in [2.75, 3.05) is 13.1 Å². The summed E-state index contributed by atoms with van der Waals surface area (Å²) in [6.07, 6.45) is -0.683. The smallest absolute Gasteiger partial charge is 0.349 e. The van der Waals surface area contributed by atoms with Crippen molar-refractivity contribution in [3.05, 3.63) is 16.3 Å². The largest absolute Gasteiger partial charge is 0.479 e. The van der Waals surface area contributed by atoms with E-state index >= 15 is 0 Å². The van der Waals surface area contributed by atoms with E-state index in [1.807, 2.05) is 13.8 Å². The van der Waals surface area contributed by atoms with E-state index in [4.69, 9.17) is 9.84 Å². The fourth-order valence-electron chi connectivity index (χ4n) is 1.58. The van der Waals surface area contributed by atoms with Gasteiger partial charge in [-0.15, -0.1) is 11.3 Å². The molecule has 18 heavy (non-hydrogen) atoms. The number of thiophene rings is 1. The average molecular weight is 271 g/mol. The number of ether oxygens (including phenoxy) is 1. The van der Waals surface area contributed by atoms with Crippen LogP contribution in [0.15, 0.2) is 11.4 Å². The van der Waals surface area contributed by atoms with Crippen molar-refractivity contribution in [1.82, 2.24) is 4.90 Å². The van der Waals surface area contributed by atoms with Gasteiger partial charge in [-0.1, -0.05) is 0 Å². The second-order valence-corrected chi connectivity index (χ2v) is 4.61. The molecule has 1 heterocycles. The molecule has 0 bridgehead atoms. The van der Waals surface area contributed by atoms with E-state index in [9.17, 15) is 9.59 Å². The van der Waals surface area contributed by atoms with Crippen LogP contribution in [0.2, 0.25) is 0 Å². The van der Waals surface area contributed by atoms with E-state index in [0.29, 0.717) is 13.1 Å². The van der Waals surface area contributed by atoms with Gasteiger partial charge in [0.1, 0.15) is 5.75 Å². The maximum absolute atomic E-state index is 12.0. The van der Waals surface area contributed by atoms with Crippen LogP contribution in [-0.4, -0.2) is 41.1 Å². The summed E-state index contributed by atoms with van der Waals surface area (Å²) in [4.78, 5) is 24.7. The van der Waals surface area contributed by atoms with E-state index in [2.05, 4.69) is 0 Å². The Kier molecular flexibility index (Phi) is 5.15. The molecule has 0 aliphatic carbocycles. The topological polar surface area (TPSA) is 66.8 Å². The SMILES string of the molecule is CCN(CC)C(=O)C(C)Oc1ccsc1C(=O)O. The predicted molar refractivity (Wildman–Crippen MR) is 69.3 cm³/mol. The molecular formula is C12H17NO4S. The molecule has 1 amide bonds. The summed E-state index contributed by atoms with van der Waals surface area (Å²) in [7, 11) is 0. The van der Waals surface area contributed by atoms with Gasteiger partial charge < -0.3 is 14.7 Å². The van der Waals surface area contributed by atoms with Crippen LogP contribution in [0.25, 0.3) is 0 Å². The lowest BCUT2D eigenvalue weighted by Crippen LogP contribution is -2.40. The first-order valence-corrected chi connectivity index (χ1v) is 6.65. The minimum Gasteiger partial charge on any atom is -0.479 e. The zero-order valence-electron chi connectivity index (χ0n) is 10.7. The second-order valence-electron chi connectivity index (χ2n) is 3.69. The zero-order valence-corrected chi connectivity index (χ0v) is 11.5. The molecule has 1 N–H and O–H groups in total. The minimum absolute atomic E-state index is 0.120. The number of amides is 1. The molecule has 1 unspecified atom stereocenters. The molecule has 100 valence electrons. The van der Waals surface area contributed by atoms with Gasteiger partial charge in [0.05, 0.1) is 0 Å². The molecule has 1 aromatic rings. The van der Waals surface area contributed by atoms with Crippen molar-refractivity contribution in [3.8, 4) is 5.75 Å². The Morgan fingerprint density at radius 2 is 2.06 bits per heavy atom. The number of carboxylic acids is 1. The Labute approximate surface area is 110 Å². The van der Waals surface area contributed by atoms with Gasteiger partial charge in [-0.05, 0) is 32.2 Å². The highest BCUT2D eigenvalue weighted by atomic mass is 32.1. The molecule has 6 heteroatoms. The molecule has 0 aliphatic rings. The standard InChI is InChI=1S/C12H17NO4S/c1-4-13(5-2)11(14)8(3)17-9-6-7-18-10(9)12(15)16/h6-8H,4-5H2,1-3H3,(H,15,16). The van der Waals surface area contributed by atoms with Crippen LogP contribution >= 0.6 is 11.3 Å². The highest BCUT2D eigenvalue weighted by Crippen LogP contribution is 2.25. The van der Waals surface area contributed by atoms with Crippen LogP contribution < -0.4 is 4.74 Å². The van der Waals surface area contributed by atoms with Gasteiger partial charge in [0.2, 0.25) is 0 Å². The van der Waals surface area contributed by atoms with Crippen LogP contribution in [-0.2, 0) is 4.79 Å². The first kappa shape index (κ1) is 14.5. The molecule has 0 fully saturated rings. The van der Waals surface area contributed by atoms with Crippen LogP contribution in [0, 0.1) is 0 Å². The molecule has 0 aliphatic heterocycles. The van der Waals surface area contributed by atoms with Gasteiger partial charge in [0.15, 0.2) is 11.0 Å². The van der Waals surface area contributed by atoms with Crippen molar-refractivity contribution < 1.29 is 19.4 Å². The number of aromatic carboxylic acids is 1. The third kappa shape index (κ3) is 3.22. The molecule has 0 aromatic carbocycles.